The average molecular weight is 315 g/mol. The highest BCUT2D eigenvalue weighted by Gasteiger charge is 2.26. The number of hydrogen-bond donors (Lipinski definition) is 2. The summed E-state index contributed by atoms with van der Waals surface area (Å²) in [6, 6.07) is 7.65. The van der Waals surface area contributed by atoms with Crippen LogP contribution >= 0.6 is 0 Å². The number of H-pyrrole nitrogens is 2. The Bertz CT molecular complexity index is 723. The molecule has 1 amide bonds. The van der Waals surface area contributed by atoms with Gasteiger partial charge < -0.3 is 9.80 Å². The summed E-state index contributed by atoms with van der Waals surface area (Å²) in [6.45, 7) is 1.35. The Morgan fingerprint density at radius 2 is 1.87 bits per heavy atom. The molecule has 1 aromatic carbocycles. The molecule has 1 saturated heterocycles. The van der Waals surface area contributed by atoms with Gasteiger partial charge in [-0.3, -0.25) is 9.78 Å². The maximum Gasteiger partial charge on any atom is 0.340 e. The van der Waals surface area contributed by atoms with Crippen LogP contribution in [0.1, 0.15) is 34.9 Å². The van der Waals surface area contributed by atoms with Gasteiger partial charge in [0.1, 0.15) is 5.82 Å². The van der Waals surface area contributed by atoms with E-state index in [1.165, 1.54) is 0 Å². The number of nitrogens with one attached hydrogen (secondary N) is 2. The summed E-state index contributed by atoms with van der Waals surface area (Å²) in [7, 11) is 3.95. The number of piperidine rings is 1. The van der Waals surface area contributed by atoms with E-state index in [1.807, 2.05) is 48.2 Å². The van der Waals surface area contributed by atoms with Crippen molar-refractivity contribution >= 4 is 11.6 Å². The minimum absolute atomic E-state index is 0.0595. The highest BCUT2D eigenvalue weighted by molar-refractivity contribution is 5.94. The third-order valence-electron chi connectivity index (χ3n) is 4.32. The van der Waals surface area contributed by atoms with E-state index in [2.05, 4.69) is 15.2 Å². The summed E-state index contributed by atoms with van der Waals surface area (Å²) >= 11 is 0. The molecule has 1 aliphatic heterocycles. The molecule has 2 N–H and O–H groups in total. The summed E-state index contributed by atoms with van der Waals surface area (Å²) in [5, 5.41) is 6.39. The van der Waals surface area contributed by atoms with Crippen LogP contribution in [0.25, 0.3) is 0 Å². The molecule has 122 valence electrons. The smallest absolute Gasteiger partial charge is 0.340 e. The average Bonchev–Trinajstić information content (AvgIpc) is 3.01. The molecular weight excluding hydrogens is 294 g/mol. The minimum Gasteiger partial charge on any atom is -0.378 e. The van der Waals surface area contributed by atoms with Crippen LogP contribution in [0, 0.1) is 0 Å². The summed E-state index contributed by atoms with van der Waals surface area (Å²) < 4.78 is 0. The highest BCUT2D eigenvalue weighted by Crippen LogP contribution is 2.25. The van der Waals surface area contributed by atoms with Gasteiger partial charge >= 0.3 is 5.69 Å². The number of rotatable bonds is 3. The fourth-order valence-corrected chi connectivity index (χ4v) is 2.92. The second kappa shape index (κ2) is 6.28. The Morgan fingerprint density at radius 1 is 1.22 bits per heavy atom. The van der Waals surface area contributed by atoms with E-state index in [1.54, 1.807) is 0 Å². The maximum atomic E-state index is 12.6. The lowest BCUT2D eigenvalue weighted by Gasteiger charge is -2.31. The van der Waals surface area contributed by atoms with Gasteiger partial charge in [0.25, 0.3) is 5.91 Å². The van der Waals surface area contributed by atoms with Crippen LogP contribution in [-0.4, -0.2) is 53.2 Å². The first-order chi connectivity index (χ1) is 11.0. The molecule has 7 nitrogen and oxygen atoms in total. The van der Waals surface area contributed by atoms with E-state index >= 15 is 0 Å². The second-order valence-corrected chi connectivity index (χ2v) is 6.07. The number of carbonyl (C=O) groups excluding carboxylic acids is 1. The van der Waals surface area contributed by atoms with Gasteiger partial charge in [-0.1, -0.05) is 0 Å². The summed E-state index contributed by atoms with van der Waals surface area (Å²) in [5.74, 6) is 0.954. The number of aromatic amines is 2. The summed E-state index contributed by atoms with van der Waals surface area (Å²) in [5.41, 5.74) is 1.50. The van der Waals surface area contributed by atoms with Crippen molar-refractivity contribution in [1.82, 2.24) is 20.1 Å². The Morgan fingerprint density at radius 3 is 2.39 bits per heavy atom. The van der Waals surface area contributed by atoms with Crippen LogP contribution in [0.4, 0.5) is 5.69 Å². The molecule has 23 heavy (non-hydrogen) atoms. The van der Waals surface area contributed by atoms with Crippen molar-refractivity contribution < 1.29 is 4.79 Å². The van der Waals surface area contributed by atoms with Crippen LogP contribution in [0.5, 0.6) is 0 Å². The number of nitrogens with zero attached hydrogens (tertiary/aromatic N) is 3. The standard InChI is InChI=1S/C16H21N5O2/c1-20(2)13-5-3-12(4-6-13)15(22)21-9-7-11(8-10-21)14-17-16(23)19-18-14/h3-6,11H,7-10H2,1-2H3,(H2,17,18,19,23). The molecule has 2 heterocycles. The zero-order valence-corrected chi connectivity index (χ0v) is 13.4. The molecule has 0 radical (unpaired) electrons. The van der Waals surface area contributed by atoms with Gasteiger partial charge in [0.2, 0.25) is 0 Å². The predicted octanol–water partition coefficient (Wildman–Crippen LogP) is 1.18. The van der Waals surface area contributed by atoms with E-state index < -0.39 is 0 Å². The number of aromatic nitrogens is 3. The maximum absolute atomic E-state index is 12.6. The van der Waals surface area contributed by atoms with Gasteiger partial charge in [0, 0.05) is 44.4 Å². The quantitative estimate of drug-likeness (QED) is 0.891. The topological polar surface area (TPSA) is 85.1 Å². The van der Waals surface area contributed by atoms with Crippen molar-refractivity contribution in [3.05, 3.63) is 46.1 Å². The van der Waals surface area contributed by atoms with Crippen LogP contribution < -0.4 is 10.6 Å². The molecule has 2 aromatic rings. The Balaban J connectivity index is 1.62. The molecule has 3 rings (SSSR count). The molecule has 1 aliphatic rings. The first-order valence-corrected chi connectivity index (χ1v) is 7.76. The third kappa shape index (κ3) is 3.28. The van der Waals surface area contributed by atoms with Crippen LogP contribution in [0.15, 0.2) is 29.1 Å². The lowest BCUT2D eigenvalue weighted by Crippen LogP contribution is -2.38. The number of hydrogen-bond acceptors (Lipinski definition) is 4. The molecular formula is C16H21N5O2. The largest absolute Gasteiger partial charge is 0.378 e. The van der Waals surface area contributed by atoms with Crippen molar-refractivity contribution in [2.24, 2.45) is 0 Å². The van der Waals surface area contributed by atoms with Gasteiger partial charge in [-0.2, -0.15) is 5.10 Å². The summed E-state index contributed by atoms with van der Waals surface area (Å²) in [6.07, 6.45) is 1.62. The molecule has 0 saturated carbocycles. The molecule has 0 unspecified atom stereocenters. The minimum atomic E-state index is -0.278. The van der Waals surface area contributed by atoms with Crippen molar-refractivity contribution in [3.63, 3.8) is 0 Å². The second-order valence-electron chi connectivity index (χ2n) is 6.07. The summed E-state index contributed by atoms with van der Waals surface area (Å²) in [4.78, 5) is 30.3. The highest BCUT2D eigenvalue weighted by atomic mass is 16.2. The zero-order chi connectivity index (χ0) is 16.4. The van der Waals surface area contributed by atoms with Gasteiger partial charge in [-0.05, 0) is 37.1 Å². The fourth-order valence-electron chi connectivity index (χ4n) is 2.92. The zero-order valence-electron chi connectivity index (χ0n) is 13.4. The molecule has 0 aliphatic carbocycles. The van der Waals surface area contributed by atoms with Gasteiger partial charge in [0.05, 0.1) is 0 Å². The van der Waals surface area contributed by atoms with Gasteiger partial charge in [-0.25, -0.2) is 9.89 Å². The monoisotopic (exact) mass is 315 g/mol. The number of likely N-dealkylation sites (tertiary alicyclic amines) is 1. The van der Waals surface area contributed by atoms with E-state index in [0.29, 0.717) is 24.5 Å². The van der Waals surface area contributed by atoms with E-state index in [-0.39, 0.29) is 17.5 Å². The number of anilines is 1. The van der Waals surface area contributed by atoms with Crippen molar-refractivity contribution in [3.8, 4) is 0 Å². The van der Waals surface area contributed by atoms with Crippen molar-refractivity contribution in [1.29, 1.82) is 0 Å². The molecule has 7 heteroatoms. The molecule has 1 fully saturated rings. The molecule has 0 bridgehead atoms. The first-order valence-electron chi connectivity index (χ1n) is 7.76. The van der Waals surface area contributed by atoms with E-state index in [9.17, 15) is 9.59 Å². The Labute approximate surface area is 134 Å². The SMILES string of the molecule is CN(C)c1ccc(C(=O)N2CCC(c3n[nH]c(=O)[nH]3)CC2)cc1. The van der Waals surface area contributed by atoms with E-state index in [0.717, 1.165) is 18.5 Å². The Kier molecular flexibility index (Phi) is 4.18. The predicted molar refractivity (Wildman–Crippen MR) is 87.9 cm³/mol. The first kappa shape index (κ1) is 15.3. The number of amides is 1. The van der Waals surface area contributed by atoms with Crippen LogP contribution in [0.3, 0.4) is 0 Å². The van der Waals surface area contributed by atoms with Crippen molar-refractivity contribution in [2.45, 2.75) is 18.8 Å². The number of benzene rings is 1. The van der Waals surface area contributed by atoms with E-state index in [4.69, 9.17) is 0 Å². The van der Waals surface area contributed by atoms with Crippen LogP contribution in [0.2, 0.25) is 0 Å². The molecule has 1 aromatic heterocycles. The van der Waals surface area contributed by atoms with Gasteiger partial charge in [-0.15, -0.1) is 0 Å². The van der Waals surface area contributed by atoms with Gasteiger partial charge in [0.15, 0.2) is 0 Å². The normalized spacial score (nSPS) is 15.7. The third-order valence-corrected chi connectivity index (χ3v) is 4.32. The van der Waals surface area contributed by atoms with Crippen LogP contribution in [-0.2, 0) is 0 Å². The Hall–Kier alpha value is -2.57. The molecule has 0 atom stereocenters. The number of carbonyl (C=O) groups is 1. The lowest BCUT2D eigenvalue weighted by molar-refractivity contribution is 0.0711. The van der Waals surface area contributed by atoms with Crippen molar-refractivity contribution in [2.75, 3.05) is 32.1 Å². The molecule has 0 spiro atoms. The lowest BCUT2D eigenvalue weighted by atomic mass is 9.95. The fraction of sp³-hybridized carbons (Fsp3) is 0.438.